The van der Waals surface area contributed by atoms with E-state index >= 15 is 0 Å². The fourth-order valence-corrected chi connectivity index (χ4v) is 2.57. The minimum atomic E-state index is -0.731. The molecule has 1 aliphatic heterocycles. The van der Waals surface area contributed by atoms with E-state index in [1.807, 2.05) is 4.90 Å². The molecule has 0 radical (unpaired) electrons. The molecule has 0 spiro atoms. The van der Waals surface area contributed by atoms with Crippen LogP contribution in [0, 0.1) is 5.92 Å². The third kappa shape index (κ3) is 5.19. The molecule has 1 N–H and O–H groups in total. The Morgan fingerprint density at radius 3 is 2.11 bits per heavy atom. The minimum absolute atomic E-state index is 0.144. The summed E-state index contributed by atoms with van der Waals surface area (Å²) in [6.07, 6.45) is 3.27. The smallest absolute Gasteiger partial charge is 0.306 e. The van der Waals surface area contributed by atoms with Crippen LogP contribution in [0.3, 0.4) is 0 Å². The van der Waals surface area contributed by atoms with Gasteiger partial charge in [0.25, 0.3) is 0 Å². The fourth-order valence-electron chi connectivity index (χ4n) is 2.57. The molecule has 19 heavy (non-hydrogen) atoms. The van der Waals surface area contributed by atoms with Gasteiger partial charge in [0.05, 0.1) is 12.5 Å². The van der Waals surface area contributed by atoms with Crippen LogP contribution in [0.1, 0.15) is 39.5 Å². The first-order chi connectivity index (χ1) is 9.08. The van der Waals surface area contributed by atoms with E-state index < -0.39 is 5.97 Å². The number of aliphatic carboxylic acids is 1. The van der Waals surface area contributed by atoms with Gasteiger partial charge in [0.2, 0.25) is 5.91 Å². The summed E-state index contributed by atoms with van der Waals surface area (Å²) in [4.78, 5) is 27.0. The first-order valence-corrected chi connectivity index (χ1v) is 7.31. The van der Waals surface area contributed by atoms with Crippen LogP contribution in [0.15, 0.2) is 0 Å². The van der Waals surface area contributed by atoms with Crippen LogP contribution in [-0.2, 0) is 9.59 Å². The molecule has 0 aromatic heterocycles. The van der Waals surface area contributed by atoms with Gasteiger partial charge in [-0.25, -0.2) is 0 Å². The molecular weight excluding hydrogens is 244 g/mol. The summed E-state index contributed by atoms with van der Waals surface area (Å²) in [6, 6.07) is 0. The summed E-state index contributed by atoms with van der Waals surface area (Å²) in [5.74, 6) is -0.858. The Hall–Kier alpha value is -1.10. The highest BCUT2D eigenvalue weighted by atomic mass is 16.4. The molecule has 1 aliphatic rings. The number of carboxylic acid groups (broad SMARTS) is 1. The van der Waals surface area contributed by atoms with Crippen molar-refractivity contribution in [2.75, 3.05) is 32.7 Å². The minimum Gasteiger partial charge on any atom is -0.481 e. The molecule has 0 aromatic rings. The van der Waals surface area contributed by atoms with Gasteiger partial charge < -0.3 is 10.0 Å². The fraction of sp³-hybridized carbons (Fsp3) is 0.857. The molecule has 5 heteroatoms. The first kappa shape index (κ1) is 16.0. The number of hydrogen-bond donors (Lipinski definition) is 1. The van der Waals surface area contributed by atoms with Crippen LogP contribution < -0.4 is 0 Å². The second kappa shape index (κ2) is 8.15. The highest BCUT2D eigenvalue weighted by Crippen LogP contribution is 2.17. The molecule has 0 bridgehead atoms. The van der Waals surface area contributed by atoms with Crippen molar-refractivity contribution >= 4 is 11.9 Å². The molecule has 110 valence electrons. The van der Waals surface area contributed by atoms with Crippen molar-refractivity contribution in [1.29, 1.82) is 0 Å². The van der Waals surface area contributed by atoms with Crippen molar-refractivity contribution in [3.63, 3.8) is 0 Å². The zero-order valence-corrected chi connectivity index (χ0v) is 12.1. The van der Waals surface area contributed by atoms with Gasteiger partial charge in [-0.15, -0.1) is 0 Å². The average molecular weight is 270 g/mol. The van der Waals surface area contributed by atoms with Crippen LogP contribution in [0.5, 0.6) is 0 Å². The number of amides is 1. The van der Waals surface area contributed by atoms with E-state index in [-0.39, 0.29) is 11.8 Å². The molecule has 0 aromatic carbocycles. The molecule has 1 rings (SSSR count). The number of likely N-dealkylation sites (tertiary alicyclic amines) is 1. The molecule has 5 nitrogen and oxygen atoms in total. The highest BCUT2D eigenvalue weighted by Gasteiger charge is 2.27. The number of carbonyl (C=O) groups excluding carboxylic acids is 1. The number of rotatable bonds is 7. The summed E-state index contributed by atoms with van der Waals surface area (Å²) in [6.45, 7) is 7.77. The van der Waals surface area contributed by atoms with Crippen molar-refractivity contribution in [2.45, 2.75) is 39.5 Å². The number of nitrogens with zero attached hydrogens (tertiary/aromatic N) is 2. The quantitative estimate of drug-likeness (QED) is 0.760. The van der Waals surface area contributed by atoms with Gasteiger partial charge in [0.15, 0.2) is 0 Å². The second-order valence-electron chi connectivity index (χ2n) is 5.27. The monoisotopic (exact) mass is 270 g/mol. The maximum Gasteiger partial charge on any atom is 0.306 e. The SMILES string of the molecule is CCCN(CCC)CC(=O)N1CCC(C(=O)O)CC1. The second-order valence-corrected chi connectivity index (χ2v) is 5.27. The average Bonchev–Trinajstić information content (AvgIpc) is 2.39. The Morgan fingerprint density at radius 1 is 1.16 bits per heavy atom. The molecular formula is C14H26N2O3. The van der Waals surface area contributed by atoms with Crippen molar-refractivity contribution in [3.05, 3.63) is 0 Å². The molecule has 0 aliphatic carbocycles. The van der Waals surface area contributed by atoms with Crippen LogP contribution in [0.25, 0.3) is 0 Å². The van der Waals surface area contributed by atoms with E-state index in [1.165, 1.54) is 0 Å². The third-order valence-corrected chi connectivity index (χ3v) is 3.64. The Balaban J connectivity index is 2.39. The Morgan fingerprint density at radius 2 is 1.68 bits per heavy atom. The molecule has 0 unspecified atom stereocenters. The molecule has 1 amide bonds. The molecule has 1 saturated heterocycles. The molecule has 1 heterocycles. The largest absolute Gasteiger partial charge is 0.481 e. The lowest BCUT2D eigenvalue weighted by Gasteiger charge is -2.32. The van der Waals surface area contributed by atoms with E-state index in [4.69, 9.17) is 5.11 Å². The van der Waals surface area contributed by atoms with Crippen LogP contribution >= 0.6 is 0 Å². The lowest BCUT2D eigenvalue weighted by Crippen LogP contribution is -2.45. The summed E-state index contributed by atoms with van der Waals surface area (Å²) in [7, 11) is 0. The van der Waals surface area contributed by atoms with E-state index in [2.05, 4.69) is 18.7 Å². The van der Waals surface area contributed by atoms with Gasteiger partial charge in [0, 0.05) is 13.1 Å². The molecule has 0 saturated carbocycles. The lowest BCUT2D eigenvalue weighted by atomic mass is 9.97. The summed E-state index contributed by atoms with van der Waals surface area (Å²) >= 11 is 0. The molecule has 1 fully saturated rings. The highest BCUT2D eigenvalue weighted by molar-refractivity contribution is 5.79. The van der Waals surface area contributed by atoms with Gasteiger partial charge in [-0.05, 0) is 38.8 Å². The van der Waals surface area contributed by atoms with Gasteiger partial charge >= 0.3 is 5.97 Å². The maximum atomic E-state index is 12.2. The summed E-state index contributed by atoms with van der Waals surface area (Å²) < 4.78 is 0. The zero-order chi connectivity index (χ0) is 14.3. The normalized spacial score (nSPS) is 16.9. The number of hydrogen-bond acceptors (Lipinski definition) is 3. The Bertz CT molecular complexity index is 293. The van der Waals surface area contributed by atoms with E-state index in [1.54, 1.807) is 0 Å². The predicted molar refractivity (Wildman–Crippen MR) is 74.0 cm³/mol. The van der Waals surface area contributed by atoms with E-state index in [0.29, 0.717) is 32.5 Å². The lowest BCUT2D eigenvalue weighted by molar-refractivity contribution is -0.146. The van der Waals surface area contributed by atoms with Gasteiger partial charge in [-0.3, -0.25) is 14.5 Å². The van der Waals surface area contributed by atoms with Crippen molar-refractivity contribution < 1.29 is 14.7 Å². The van der Waals surface area contributed by atoms with Crippen molar-refractivity contribution in [1.82, 2.24) is 9.80 Å². The number of piperidine rings is 1. The number of carboxylic acids is 1. The topological polar surface area (TPSA) is 60.9 Å². The van der Waals surface area contributed by atoms with Crippen LogP contribution in [0.2, 0.25) is 0 Å². The van der Waals surface area contributed by atoms with E-state index in [0.717, 1.165) is 25.9 Å². The summed E-state index contributed by atoms with van der Waals surface area (Å²) in [5.41, 5.74) is 0. The van der Waals surface area contributed by atoms with Gasteiger partial charge in [-0.1, -0.05) is 13.8 Å². The van der Waals surface area contributed by atoms with Crippen LogP contribution in [0.4, 0.5) is 0 Å². The van der Waals surface area contributed by atoms with Gasteiger partial charge in [-0.2, -0.15) is 0 Å². The van der Waals surface area contributed by atoms with Gasteiger partial charge in [0.1, 0.15) is 0 Å². The first-order valence-electron chi connectivity index (χ1n) is 7.31. The molecule has 0 atom stereocenters. The Labute approximate surface area is 115 Å². The van der Waals surface area contributed by atoms with Crippen molar-refractivity contribution in [3.8, 4) is 0 Å². The zero-order valence-electron chi connectivity index (χ0n) is 12.1. The summed E-state index contributed by atoms with van der Waals surface area (Å²) in [5, 5.41) is 8.94. The number of carbonyl (C=O) groups is 2. The Kier molecular flexibility index (Phi) is 6.84. The predicted octanol–water partition coefficient (Wildman–Crippen LogP) is 1.43. The third-order valence-electron chi connectivity index (χ3n) is 3.64. The van der Waals surface area contributed by atoms with Crippen molar-refractivity contribution in [2.24, 2.45) is 5.92 Å². The van der Waals surface area contributed by atoms with E-state index in [9.17, 15) is 9.59 Å². The van der Waals surface area contributed by atoms with Crippen LogP contribution in [-0.4, -0.2) is 59.5 Å². The maximum absolute atomic E-state index is 12.2. The standard InChI is InChI=1S/C14H26N2O3/c1-3-7-15(8-4-2)11-13(17)16-9-5-12(6-10-16)14(18)19/h12H,3-11H2,1-2H3,(H,18,19).